The molecular weight excluding hydrogens is 358 g/mol. The molecule has 0 saturated carbocycles. The van der Waals surface area contributed by atoms with Crippen molar-refractivity contribution in [2.24, 2.45) is 0 Å². The smallest absolute Gasteiger partial charge is 0.257 e. The zero-order valence-corrected chi connectivity index (χ0v) is 14.9. The number of ether oxygens (including phenoxy) is 2. The van der Waals surface area contributed by atoms with Crippen LogP contribution in [0.5, 0.6) is 11.6 Å². The lowest BCUT2D eigenvalue weighted by Gasteiger charge is -2.19. The summed E-state index contributed by atoms with van der Waals surface area (Å²) in [5.74, 6) is 2.70. The van der Waals surface area contributed by atoms with Crippen molar-refractivity contribution in [1.29, 1.82) is 0 Å². The average molecular weight is 375 g/mol. The van der Waals surface area contributed by atoms with Gasteiger partial charge in [-0.1, -0.05) is 0 Å². The number of hydrogen-bond acceptors (Lipinski definition) is 8. The van der Waals surface area contributed by atoms with E-state index in [0.29, 0.717) is 31.4 Å². The minimum absolute atomic E-state index is 0.533. The monoisotopic (exact) mass is 375 g/mol. The summed E-state index contributed by atoms with van der Waals surface area (Å²) in [4.78, 5) is 21.4. The molecule has 0 spiro atoms. The Labute approximate surface area is 160 Å². The summed E-state index contributed by atoms with van der Waals surface area (Å²) in [7, 11) is 0. The van der Waals surface area contributed by atoms with E-state index >= 15 is 0 Å². The molecule has 0 amide bonds. The number of nitrogens with one attached hydrogen (secondary N) is 1. The molecule has 9 nitrogen and oxygen atoms in total. The Bertz CT molecular complexity index is 1130. The molecule has 5 rings (SSSR count). The van der Waals surface area contributed by atoms with Gasteiger partial charge in [0.05, 0.1) is 5.69 Å². The zero-order chi connectivity index (χ0) is 18.8. The molecule has 1 aliphatic rings. The molecule has 0 fully saturated rings. The first kappa shape index (κ1) is 16.4. The van der Waals surface area contributed by atoms with Gasteiger partial charge in [0.1, 0.15) is 25.4 Å². The summed E-state index contributed by atoms with van der Waals surface area (Å²) < 4.78 is 13.1. The Morgan fingerprint density at radius 1 is 1.04 bits per heavy atom. The maximum Gasteiger partial charge on any atom is 0.257 e. The van der Waals surface area contributed by atoms with Crippen LogP contribution in [0.25, 0.3) is 17.0 Å². The molecule has 0 bridgehead atoms. The van der Waals surface area contributed by atoms with Crippen LogP contribution in [-0.4, -0.2) is 49.1 Å². The minimum Gasteiger partial charge on any atom is -0.484 e. The molecule has 0 aromatic carbocycles. The highest BCUT2D eigenvalue weighted by atomic mass is 16.6. The highest BCUT2D eigenvalue weighted by Crippen LogP contribution is 2.31. The van der Waals surface area contributed by atoms with E-state index in [9.17, 15) is 0 Å². The van der Waals surface area contributed by atoms with E-state index in [4.69, 9.17) is 9.47 Å². The Kier molecular flexibility index (Phi) is 4.17. The van der Waals surface area contributed by atoms with Crippen LogP contribution in [0.3, 0.4) is 0 Å². The molecule has 0 radical (unpaired) electrons. The van der Waals surface area contributed by atoms with Crippen LogP contribution in [0.4, 0.5) is 5.82 Å². The SMILES string of the molecule is c1nc(NCCc2ccnc3c2OCCO3)cc(-c2cnc3nccn3c2)n1. The molecule has 5 heterocycles. The highest BCUT2D eigenvalue weighted by Gasteiger charge is 2.16. The fourth-order valence-electron chi connectivity index (χ4n) is 3.09. The average Bonchev–Trinajstić information content (AvgIpc) is 3.22. The van der Waals surface area contributed by atoms with E-state index in [1.165, 1.54) is 0 Å². The van der Waals surface area contributed by atoms with Crippen molar-refractivity contribution >= 4 is 11.6 Å². The maximum atomic E-state index is 5.71. The van der Waals surface area contributed by atoms with Crippen LogP contribution in [0.1, 0.15) is 5.56 Å². The number of imidazole rings is 1. The molecule has 4 aromatic rings. The van der Waals surface area contributed by atoms with Gasteiger partial charge in [-0.05, 0) is 12.5 Å². The third kappa shape index (κ3) is 3.18. The Morgan fingerprint density at radius 3 is 3.00 bits per heavy atom. The van der Waals surface area contributed by atoms with Crippen LogP contribution in [0.15, 0.2) is 49.4 Å². The molecule has 0 saturated heterocycles. The molecule has 1 N–H and O–H groups in total. The summed E-state index contributed by atoms with van der Waals surface area (Å²) in [5.41, 5.74) is 2.74. The van der Waals surface area contributed by atoms with Crippen molar-refractivity contribution in [1.82, 2.24) is 29.3 Å². The van der Waals surface area contributed by atoms with Crippen LogP contribution in [0, 0.1) is 0 Å². The maximum absolute atomic E-state index is 5.71. The third-order valence-corrected chi connectivity index (χ3v) is 4.43. The molecule has 28 heavy (non-hydrogen) atoms. The number of rotatable bonds is 5. The van der Waals surface area contributed by atoms with Gasteiger partial charge in [-0.25, -0.2) is 24.9 Å². The first-order chi connectivity index (χ1) is 13.9. The van der Waals surface area contributed by atoms with Crippen molar-refractivity contribution in [3.63, 3.8) is 0 Å². The molecule has 4 aromatic heterocycles. The van der Waals surface area contributed by atoms with Crippen LogP contribution in [-0.2, 0) is 6.42 Å². The van der Waals surface area contributed by atoms with Gasteiger partial charge in [0.25, 0.3) is 5.88 Å². The largest absolute Gasteiger partial charge is 0.484 e. The zero-order valence-electron chi connectivity index (χ0n) is 14.9. The summed E-state index contributed by atoms with van der Waals surface area (Å²) in [6.45, 7) is 1.77. The fourth-order valence-corrected chi connectivity index (χ4v) is 3.09. The van der Waals surface area contributed by atoms with Gasteiger partial charge in [-0.3, -0.25) is 4.40 Å². The number of pyridine rings is 1. The Balaban J connectivity index is 1.30. The number of nitrogens with zero attached hydrogens (tertiary/aromatic N) is 6. The number of fused-ring (bicyclic) bond motifs is 2. The van der Waals surface area contributed by atoms with Crippen molar-refractivity contribution in [2.45, 2.75) is 6.42 Å². The van der Waals surface area contributed by atoms with Crippen molar-refractivity contribution in [3.05, 3.63) is 55.0 Å². The van der Waals surface area contributed by atoms with Crippen molar-refractivity contribution < 1.29 is 9.47 Å². The van der Waals surface area contributed by atoms with E-state index in [1.54, 1.807) is 24.9 Å². The second-order valence-electron chi connectivity index (χ2n) is 6.24. The Hall–Kier alpha value is -3.75. The standard InChI is InChI=1S/C19H17N7O2/c1(13-2-4-21-18-17(13)27-7-8-28-18)3-20-16-9-15(24-12-25-16)14-10-23-19-22-5-6-26(19)11-14/h2,4-6,9-12H,1,3,7-8H2,(H,20,24,25). The fraction of sp³-hybridized carbons (Fsp3) is 0.211. The molecular formula is C19H17N7O2. The predicted octanol–water partition coefficient (Wildman–Crippen LogP) is 2.01. The first-order valence-corrected chi connectivity index (χ1v) is 8.95. The second kappa shape index (κ2) is 7.10. The summed E-state index contributed by atoms with van der Waals surface area (Å²) >= 11 is 0. The van der Waals surface area contributed by atoms with Gasteiger partial charge in [0.15, 0.2) is 5.75 Å². The van der Waals surface area contributed by atoms with E-state index in [0.717, 1.165) is 34.8 Å². The van der Waals surface area contributed by atoms with E-state index in [1.807, 2.05) is 28.9 Å². The number of aromatic nitrogens is 6. The lowest BCUT2D eigenvalue weighted by atomic mass is 10.1. The molecule has 0 aliphatic carbocycles. The van der Waals surface area contributed by atoms with E-state index in [2.05, 4.69) is 30.2 Å². The normalized spacial score (nSPS) is 12.9. The van der Waals surface area contributed by atoms with Gasteiger partial charge in [0.2, 0.25) is 5.78 Å². The van der Waals surface area contributed by atoms with Crippen LogP contribution >= 0.6 is 0 Å². The van der Waals surface area contributed by atoms with Crippen LogP contribution < -0.4 is 14.8 Å². The minimum atomic E-state index is 0.533. The predicted molar refractivity (Wildman–Crippen MR) is 101 cm³/mol. The molecule has 1 aliphatic heterocycles. The Morgan fingerprint density at radius 2 is 2.00 bits per heavy atom. The van der Waals surface area contributed by atoms with Gasteiger partial charge in [-0.2, -0.15) is 0 Å². The van der Waals surface area contributed by atoms with Crippen molar-refractivity contribution in [3.8, 4) is 22.9 Å². The second-order valence-corrected chi connectivity index (χ2v) is 6.24. The summed E-state index contributed by atoms with van der Waals surface area (Å²) in [6, 6.07) is 3.86. The number of hydrogen-bond donors (Lipinski definition) is 1. The quantitative estimate of drug-likeness (QED) is 0.565. The topological polar surface area (TPSA) is 99.4 Å². The molecule has 140 valence electrons. The van der Waals surface area contributed by atoms with Gasteiger partial charge >= 0.3 is 0 Å². The molecule has 0 atom stereocenters. The molecule has 9 heteroatoms. The van der Waals surface area contributed by atoms with Gasteiger partial charge in [0, 0.05) is 54.7 Å². The van der Waals surface area contributed by atoms with Gasteiger partial charge < -0.3 is 14.8 Å². The third-order valence-electron chi connectivity index (χ3n) is 4.43. The van der Waals surface area contributed by atoms with Gasteiger partial charge in [-0.15, -0.1) is 0 Å². The lowest BCUT2D eigenvalue weighted by Crippen LogP contribution is -2.18. The summed E-state index contributed by atoms with van der Waals surface area (Å²) in [6.07, 6.45) is 11.3. The molecule has 0 unspecified atom stereocenters. The van der Waals surface area contributed by atoms with E-state index < -0.39 is 0 Å². The highest BCUT2D eigenvalue weighted by molar-refractivity contribution is 5.61. The summed E-state index contributed by atoms with van der Waals surface area (Å²) in [5, 5.41) is 3.33. The number of anilines is 1. The van der Waals surface area contributed by atoms with Crippen LogP contribution in [0.2, 0.25) is 0 Å². The first-order valence-electron chi connectivity index (χ1n) is 8.95. The van der Waals surface area contributed by atoms with Crippen molar-refractivity contribution in [2.75, 3.05) is 25.1 Å². The lowest BCUT2D eigenvalue weighted by molar-refractivity contribution is 0.163. The van der Waals surface area contributed by atoms with E-state index in [-0.39, 0.29) is 0 Å².